The first-order valence-corrected chi connectivity index (χ1v) is 13.0. The Kier molecular flexibility index (Phi) is 8.65. The molecule has 0 radical (unpaired) electrons. The van der Waals surface area contributed by atoms with E-state index in [0.29, 0.717) is 36.3 Å². The number of benzene rings is 2. The summed E-state index contributed by atoms with van der Waals surface area (Å²) in [6.45, 7) is 2.88. The van der Waals surface area contributed by atoms with Crippen molar-refractivity contribution in [1.82, 2.24) is 20.4 Å². The van der Waals surface area contributed by atoms with E-state index in [1.54, 1.807) is 26.0 Å². The molecule has 8 nitrogen and oxygen atoms in total. The summed E-state index contributed by atoms with van der Waals surface area (Å²) in [4.78, 5) is 20.7. The van der Waals surface area contributed by atoms with E-state index in [-0.39, 0.29) is 11.8 Å². The van der Waals surface area contributed by atoms with Gasteiger partial charge >= 0.3 is 0 Å². The highest BCUT2D eigenvalue weighted by molar-refractivity contribution is 7.98. The topological polar surface area (TPSA) is 89.7 Å². The van der Waals surface area contributed by atoms with Gasteiger partial charge in [0.25, 0.3) is 0 Å². The van der Waals surface area contributed by atoms with Gasteiger partial charge in [-0.15, -0.1) is 11.8 Å². The first-order valence-electron chi connectivity index (χ1n) is 11.8. The third-order valence-corrected chi connectivity index (χ3v) is 7.04. The Labute approximate surface area is 210 Å². The molecule has 3 aromatic rings. The Morgan fingerprint density at radius 3 is 2.54 bits per heavy atom. The summed E-state index contributed by atoms with van der Waals surface area (Å²) in [5.41, 5.74) is 2.04. The Bertz CT molecular complexity index is 1110. The molecular formula is C26H32N4O4S. The maximum Gasteiger partial charge on any atom is 0.241 e. The van der Waals surface area contributed by atoms with Crippen LogP contribution in [0.3, 0.4) is 0 Å². The highest BCUT2D eigenvalue weighted by atomic mass is 32.2. The maximum atomic E-state index is 12.6. The predicted octanol–water partition coefficient (Wildman–Crippen LogP) is 4.05. The minimum atomic E-state index is 0.0510. The molecule has 1 aliphatic rings. The van der Waals surface area contributed by atoms with Crippen LogP contribution in [0.4, 0.5) is 0 Å². The van der Waals surface area contributed by atoms with Crippen molar-refractivity contribution < 1.29 is 18.8 Å². The number of amides is 1. The van der Waals surface area contributed by atoms with Crippen LogP contribution in [0.5, 0.6) is 11.5 Å². The second-order valence-corrected chi connectivity index (χ2v) is 9.40. The van der Waals surface area contributed by atoms with E-state index in [1.807, 2.05) is 18.2 Å². The lowest BCUT2D eigenvalue weighted by atomic mass is 9.96. The zero-order valence-electron chi connectivity index (χ0n) is 20.5. The van der Waals surface area contributed by atoms with Gasteiger partial charge in [0.05, 0.1) is 20.8 Å². The molecule has 35 heavy (non-hydrogen) atoms. The third kappa shape index (κ3) is 6.55. The van der Waals surface area contributed by atoms with Crippen molar-refractivity contribution in [1.29, 1.82) is 0 Å². The van der Waals surface area contributed by atoms with Crippen molar-refractivity contribution >= 4 is 17.7 Å². The number of ether oxygens (including phenoxy) is 2. The fourth-order valence-corrected chi connectivity index (χ4v) is 4.63. The largest absolute Gasteiger partial charge is 0.493 e. The lowest BCUT2D eigenvalue weighted by molar-refractivity contribution is -0.126. The molecule has 1 amide bonds. The van der Waals surface area contributed by atoms with Gasteiger partial charge in [-0.05, 0) is 74.5 Å². The van der Waals surface area contributed by atoms with E-state index >= 15 is 0 Å². The second kappa shape index (κ2) is 12.1. The number of methoxy groups -OCH3 is 2. The molecule has 9 heteroatoms. The van der Waals surface area contributed by atoms with Crippen LogP contribution in [-0.4, -0.2) is 61.1 Å². The lowest BCUT2D eigenvalue weighted by Crippen LogP contribution is -2.40. The number of nitrogens with zero attached hydrogens (tertiary/aromatic N) is 3. The maximum absolute atomic E-state index is 12.6. The van der Waals surface area contributed by atoms with Gasteiger partial charge < -0.3 is 19.3 Å². The van der Waals surface area contributed by atoms with Gasteiger partial charge in [0, 0.05) is 22.9 Å². The molecule has 1 saturated heterocycles. The van der Waals surface area contributed by atoms with Crippen LogP contribution < -0.4 is 14.8 Å². The first kappa shape index (κ1) is 25.1. The van der Waals surface area contributed by atoms with Crippen molar-refractivity contribution in [2.45, 2.75) is 30.7 Å². The summed E-state index contributed by atoms with van der Waals surface area (Å²) in [6, 6.07) is 14.0. The summed E-state index contributed by atoms with van der Waals surface area (Å²) < 4.78 is 16.1. The molecule has 186 valence electrons. The quantitative estimate of drug-likeness (QED) is 0.421. The number of piperidine rings is 1. The molecule has 0 spiro atoms. The van der Waals surface area contributed by atoms with Crippen LogP contribution in [0.2, 0.25) is 0 Å². The Morgan fingerprint density at radius 1 is 1.11 bits per heavy atom. The van der Waals surface area contributed by atoms with Crippen LogP contribution in [0.15, 0.2) is 51.9 Å². The molecule has 0 atom stereocenters. The number of aromatic nitrogens is 2. The van der Waals surface area contributed by atoms with Crippen LogP contribution in [0.1, 0.15) is 24.3 Å². The number of carbonyl (C=O) groups is 1. The van der Waals surface area contributed by atoms with Gasteiger partial charge in [-0.2, -0.15) is 4.98 Å². The van der Waals surface area contributed by atoms with E-state index in [4.69, 9.17) is 14.0 Å². The Morgan fingerprint density at radius 2 is 1.86 bits per heavy atom. The third-order valence-electron chi connectivity index (χ3n) is 6.30. The molecule has 0 saturated carbocycles. The molecule has 0 bridgehead atoms. The van der Waals surface area contributed by atoms with Gasteiger partial charge in [0.1, 0.15) is 0 Å². The average Bonchev–Trinajstić information content (AvgIpc) is 3.37. The molecule has 0 unspecified atom stereocenters. The summed E-state index contributed by atoms with van der Waals surface area (Å²) in [5.74, 6) is 2.54. The van der Waals surface area contributed by atoms with E-state index in [1.165, 1.54) is 10.5 Å². The summed E-state index contributed by atoms with van der Waals surface area (Å²) in [5, 5.41) is 7.23. The van der Waals surface area contributed by atoms with Crippen molar-refractivity contribution in [2.24, 2.45) is 5.92 Å². The van der Waals surface area contributed by atoms with E-state index in [9.17, 15) is 4.79 Å². The standard InChI is InChI=1S/C26H32N4O4S/c1-32-22-9-6-20(16-23(22)33-2)25-28-24(34-29-25)17-30-14-11-19(12-15-30)26(31)27-13-10-18-4-7-21(35-3)8-5-18/h4-9,16,19H,10-15,17H2,1-3H3,(H,27,31). The SMILES string of the molecule is COc1ccc(-c2noc(CN3CCC(C(=O)NCCc4ccc(SC)cc4)CC3)n2)cc1OC. The number of hydrogen-bond acceptors (Lipinski definition) is 8. The lowest BCUT2D eigenvalue weighted by Gasteiger charge is -2.30. The van der Waals surface area contributed by atoms with Crippen molar-refractivity contribution in [2.75, 3.05) is 40.1 Å². The zero-order valence-corrected chi connectivity index (χ0v) is 21.3. The second-order valence-electron chi connectivity index (χ2n) is 8.52. The number of thioether (sulfide) groups is 1. The zero-order chi connectivity index (χ0) is 24.6. The van der Waals surface area contributed by atoms with E-state index < -0.39 is 0 Å². The minimum Gasteiger partial charge on any atom is -0.493 e. The van der Waals surface area contributed by atoms with Crippen LogP contribution in [0.25, 0.3) is 11.4 Å². The molecule has 2 aromatic carbocycles. The normalized spacial score (nSPS) is 14.6. The number of nitrogens with one attached hydrogen (secondary N) is 1. The van der Waals surface area contributed by atoms with Crippen molar-refractivity contribution in [3.8, 4) is 22.9 Å². The average molecular weight is 497 g/mol. The monoisotopic (exact) mass is 496 g/mol. The molecule has 1 aliphatic heterocycles. The Hall–Kier alpha value is -3.04. The first-order chi connectivity index (χ1) is 17.1. The van der Waals surface area contributed by atoms with Crippen LogP contribution >= 0.6 is 11.8 Å². The van der Waals surface area contributed by atoms with Gasteiger partial charge in [0.2, 0.25) is 17.6 Å². The number of hydrogen-bond donors (Lipinski definition) is 1. The van der Waals surface area contributed by atoms with E-state index in [2.05, 4.69) is 50.9 Å². The molecule has 2 heterocycles. The van der Waals surface area contributed by atoms with E-state index in [0.717, 1.165) is 37.9 Å². The summed E-state index contributed by atoms with van der Waals surface area (Å²) in [6.07, 6.45) is 4.56. The van der Waals surface area contributed by atoms with Gasteiger partial charge in [-0.25, -0.2) is 0 Å². The molecule has 0 aliphatic carbocycles. The van der Waals surface area contributed by atoms with Crippen LogP contribution in [0, 0.1) is 5.92 Å². The van der Waals surface area contributed by atoms with Crippen molar-refractivity contribution in [3.05, 3.63) is 53.9 Å². The van der Waals surface area contributed by atoms with Gasteiger partial charge in [-0.3, -0.25) is 9.69 Å². The van der Waals surface area contributed by atoms with Gasteiger partial charge in [-0.1, -0.05) is 17.3 Å². The van der Waals surface area contributed by atoms with Crippen molar-refractivity contribution in [3.63, 3.8) is 0 Å². The molecule has 1 aromatic heterocycles. The highest BCUT2D eigenvalue weighted by Gasteiger charge is 2.26. The predicted molar refractivity (Wildman–Crippen MR) is 136 cm³/mol. The molecule has 4 rings (SSSR count). The minimum absolute atomic E-state index is 0.0510. The molecule has 1 fully saturated rings. The molecular weight excluding hydrogens is 464 g/mol. The smallest absolute Gasteiger partial charge is 0.241 e. The fraction of sp³-hybridized carbons (Fsp3) is 0.423. The fourth-order valence-electron chi connectivity index (χ4n) is 4.22. The van der Waals surface area contributed by atoms with Crippen LogP contribution in [-0.2, 0) is 17.8 Å². The van der Waals surface area contributed by atoms with Gasteiger partial charge in [0.15, 0.2) is 11.5 Å². The number of carbonyl (C=O) groups excluding carboxylic acids is 1. The molecule has 1 N–H and O–H groups in total. The summed E-state index contributed by atoms with van der Waals surface area (Å²) >= 11 is 1.73. The number of rotatable bonds is 10. The number of likely N-dealkylation sites (tertiary alicyclic amines) is 1. The summed E-state index contributed by atoms with van der Waals surface area (Å²) in [7, 11) is 3.19. The Balaban J connectivity index is 1.22. The highest BCUT2D eigenvalue weighted by Crippen LogP contribution is 2.31.